The highest BCUT2D eigenvalue weighted by molar-refractivity contribution is 4.82. The smallest absolute Gasteiger partial charge is 0.0443 e. The second kappa shape index (κ2) is 9.48. The summed E-state index contributed by atoms with van der Waals surface area (Å²) in [6.07, 6.45) is 9.04. The number of rotatable bonds is 7. The number of hydrogen-bond acceptors (Lipinski definition) is 2. The van der Waals surface area contributed by atoms with E-state index in [4.69, 9.17) is 11.5 Å². The molecule has 0 saturated heterocycles. The highest BCUT2D eigenvalue weighted by Gasteiger charge is 1.86. The van der Waals surface area contributed by atoms with Crippen LogP contribution in [0.15, 0.2) is 0 Å². The maximum Gasteiger partial charge on any atom is 0.0443 e. The molecule has 0 saturated carbocycles. The number of nitrogens with one attached hydrogen (secondary N) is 1. The van der Waals surface area contributed by atoms with Crippen molar-refractivity contribution in [2.75, 3.05) is 19.7 Å². The lowest BCUT2D eigenvalue weighted by molar-refractivity contribution is 0.286. The molecular weight excluding hydrogens is 138 g/mol. The maximum absolute atomic E-state index is 8.44. The van der Waals surface area contributed by atoms with Crippen LogP contribution in [0.2, 0.25) is 0 Å². The van der Waals surface area contributed by atoms with Crippen molar-refractivity contribution in [3.63, 3.8) is 0 Å². The average Bonchev–Trinajstić information content (AvgIpc) is 2.03. The SMILES string of the molecule is C#CCCCCNCCCO. The summed E-state index contributed by atoms with van der Waals surface area (Å²) >= 11 is 0. The molecule has 0 aromatic carbocycles. The maximum atomic E-state index is 8.44. The molecule has 0 aromatic rings. The van der Waals surface area contributed by atoms with E-state index in [1.54, 1.807) is 0 Å². The van der Waals surface area contributed by atoms with E-state index >= 15 is 0 Å². The number of unbranched alkanes of at least 4 members (excludes halogenated alkanes) is 2. The van der Waals surface area contributed by atoms with Gasteiger partial charge < -0.3 is 10.4 Å². The van der Waals surface area contributed by atoms with E-state index in [1.807, 2.05) is 0 Å². The third-order valence-electron chi connectivity index (χ3n) is 1.44. The van der Waals surface area contributed by atoms with Gasteiger partial charge in [0, 0.05) is 13.0 Å². The highest BCUT2D eigenvalue weighted by Crippen LogP contribution is 1.90. The van der Waals surface area contributed by atoms with Crippen molar-refractivity contribution in [2.45, 2.75) is 25.7 Å². The van der Waals surface area contributed by atoms with Crippen molar-refractivity contribution < 1.29 is 5.11 Å². The Hall–Kier alpha value is -0.520. The molecule has 2 N–H and O–H groups in total. The van der Waals surface area contributed by atoms with Crippen LogP contribution in [0.25, 0.3) is 0 Å². The van der Waals surface area contributed by atoms with E-state index in [-0.39, 0.29) is 6.61 Å². The summed E-state index contributed by atoms with van der Waals surface area (Å²) < 4.78 is 0. The van der Waals surface area contributed by atoms with Crippen LogP contribution in [-0.2, 0) is 0 Å². The van der Waals surface area contributed by atoms with Gasteiger partial charge in [0.25, 0.3) is 0 Å². The summed E-state index contributed by atoms with van der Waals surface area (Å²) in [5.74, 6) is 2.60. The van der Waals surface area contributed by atoms with Crippen molar-refractivity contribution in [3.05, 3.63) is 0 Å². The Bertz CT molecular complexity index is 107. The van der Waals surface area contributed by atoms with Crippen molar-refractivity contribution >= 4 is 0 Å². The highest BCUT2D eigenvalue weighted by atomic mass is 16.3. The number of hydrogen-bond donors (Lipinski definition) is 2. The van der Waals surface area contributed by atoms with E-state index in [9.17, 15) is 0 Å². The molecule has 0 rings (SSSR count). The van der Waals surface area contributed by atoms with Gasteiger partial charge in [-0.15, -0.1) is 12.3 Å². The molecule has 0 heterocycles. The first-order chi connectivity index (χ1) is 5.41. The molecule has 0 spiro atoms. The van der Waals surface area contributed by atoms with Gasteiger partial charge >= 0.3 is 0 Å². The van der Waals surface area contributed by atoms with Crippen LogP contribution in [0.5, 0.6) is 0 Å². The Morgan fingerprint density at radius 2 is 1.91 bits per heavy atom. The lowest BCUT2D eigenvalue weighted by Crippen LogP contribution is -2.17. The Morgan fingerprint density at radius 1 is 1.18 bits per heavy atom. The molecule has 0 atom stereocenters. The molecule has 0 unspecified atom stereocenters. The number of aliphatic hydroxyl groups excluding tert-OH is 1. The minimum atomic E-state index is 0.275. The molecular formula is C9H17NO. The van der Waals surface area contributed by atoms with Crippen LogP contribution in [0.1, 0.15) is 25.7 Å². The van der Waals surface area contributed by atoms with Gasteiger partial charge in [-0.1, -0.05) is 0 Å². The molecule has 0 aliphatic carbocycles. The van der Waals surface area contributed by atoms with E-state index in [2.05, 4.69) is 11.2 Å². The fourth-order valence-electron chi connectivity index (χ4n) is 0.806. The van der Waals surface area contributed by atoms with E-state index < -0.39 is 0 Å². The van der Waals surface area contributed by atoms with Crippen LogP contribution >= 0.6 is 0 Å². The molecule has 2 heteroatoms. The topological polar surface area (TPSA) is 32.3 Å². The van der Waals surface area contributed by atoms with Gasteiger partial charge in [-0.25, -0.2) is 0 Å². The molecule has 0 amide bonds. The number of aliphatic hydroxyl groups is 1. The third-order valence-corrected chi connectivity index (χ3v) is 1.44. The summed E-state index contributed by atoms with van der Waals surface area (Å²) in [6, 6.07) is 0. The van der Waals surface area contributed by atoms with Crippen LogP contribution < -0.4 is 5.32 Å². The standard InChI is InChI=1S/C9H17NO/c1-2-3-4-5-7-10-8-6-9-11/h1,10-11H,3-9H2. The zero-order valence-electron chi connectivity index (χ0n) is 6.97. The average molecular weight is 155 g/mol. The Balaban J connectivity index is 2.75. The summed E-state index contributed by atoms with van der Waals surface area (Å²) in [7, 11) is 0. The predicted octanol–water partition coefficient (Wildman–Crippen LogP) is 0.762. The quantitative estimate of drug-likeness (QED) is 0.420. The zero-order valence-corrected chi connectivity index (χ0v) is 6.97. The van der Waals surface area contributed by atoms with Crippen LogP contribution in [0.3, 0.4) is 0 Å². The molecule has 11 heavy (non-hydrogen) atoms. The second-order valence-electron chi connectivity index (χ2n) is 2.49. The number of terminal acetylenes is 1. The molecule has 0 bridgehead atoms. The van der Waals surface area contributed by atoms with E-state index in [1.165, 1.54) is 0 Å². The minimum absolute atomic E-state index is 0.275. The van der Waals surface area contributed by atoms with Crippen molar-refractivity contribution in [1.82, 2.24) is 5.32 Å². The lowest BCUT2D eigenvalue weighted by Gasteiger charge is -2.00. The Morgan fingerprint density at radius 3 is 2.55 bits per heavy atom. The van der Waals surface area contributed by atoms with Crippen LogP contribution in [0.4, 0.5) is 0 Å². The molecule has 64 valence electrons. The fraction of sp³-hybridized carbons (Fsp3) is 0.778. The molecule has 0 aliphatic heterocycles. The summed E-state index contributed by atoms with van der Waals surface area (Å²) in [5, 5.41) is 11.7. The molecule has 0 fully saturated rings. The first-order valence-electron chi connectivity index (χ1n) is 4.17. The van der Waals surface area contributed by atoms with Gasteiger partial charge in [-0.2, -0.15) is 0 Å². The van der Waals surface area contributed by atoms with Crippen LogP contribution in [-0.4, -0.2) is 24.8 Å². The minimum Gasteiger partial charge on any atom is -0.396 e. The summed E-state index contributed by atoms with van der Waals surface area (Å²) in [6.45, 7) is 2.20. The van der Waals surface area contributed by atoms with E-state index in [0.29, 0.717) is 0 Å². The molecule has 2 nitrogen and oxygen atoms in total. The van der Waals surface area contributed by atoms with Gasteiger partial charge in [-0.05, 0) is 32.4 Å². The summed E-state index contributed by atoms with van der Waals surface area (Å²) in [5.41, 5.74) is 0. The van der Waals surface area contributed by atoms with Crippen molar-refractivity contribution in [3.8, 4) is 12.3 Å². The van der Waals surface area contributed by atoms with E-state index in [0.717, 1.165) is 38.8 Å². The molecule has 0 aliphatic rings. The second-order valence-corrected chi connectivity index (χ2v) is 2.49. The normalized spacial score (nSPS) is 9.45. The first kappa shape index (κ1) is 10.5. The Kier molecular flexibility index (Phi) is 9.03. The third kappa shape index (κ3) is 9.48. The van der Waals surface area contributed by atoms with Gasteiger partial charge in [0.15, 0.2) is 0 Å². The predicted molar refractivity (Wildman–Crippen MR) is 47.3 cm³/mol. The van der Waals surface area contributed by atoms with Crippen molar-refractivity contribution in [1.29, 1.82) is 0 Å². The zero-order chi connectivity index (χ0) is 8.36. The van der Waals surface area contributed by atoms with Crippen molar-refractivity contribution in [2.24, 2.45) is 0 Å². The molecule has 0 aromatic heterocycles. The van der Waals surface area contributed by atoms with Gasteiger partial charge in [0.2, 0.25) is 0 Å². The van der Waals surface area contributed by atoms with Gasteiger partial charge in [0.1, 0.15) is 0 Å². The van der Waals surface area contributed by atoms with Gasteiger partial charge in [0.05, 0.1) is 0 Å². The van der Waals surface area contributed by atoms with Crippen LogP contribution in [0, 0.1) is 12.3 Å². The monoisotopic (exact) mass is 155 g/mol. The lowest BCUT2D eigenvalue weighted by atomic mass is 10.2. The fourth-order valence-corrected chi connectivity index (χ4v) is 0.806. The van der Waals surface area contributed by atoms with Gasteiger partial charge in [-0.3, -0.25) is 0 Å². The molecule has 0 radical (unpaired) electrons. The summed E-state index contributed by atoms with van der Waals surface area (Å²) in [4.78, 5) is 0. The first-order valence-corrected chi connectivity index (χ1v) is 4.17. The largest absolute Gasteiger partial charge is 0.396 e. The Labute approximate surface area is 69.0 Å².